The third-order valence-corrected chi connectivity index (χ3v) is 13.9. The van der Waals surface area contributed by atoms with Gasteiger partial charge < -0.3 is 4.90 Å². The molecular formula is C62H51N. The van der Waals surface area contributed by atoms with Crippen LogP contribution >= 0.6 is 0 Å². The Hall–Kier alpha value is -7.22. The van der Waals surface area contributed by atoms with Crippen LogP contribution in [0.5, 0.6) is 0 Å². The summed E-state index contributed by atoms with van der Waals surface area (Å²) in [4.78, 5) is 2.52. The molecule has 0 amide bonds. The molecule has 63 heavy (non-hydrogen) atoms. The Morgan fingerprint density at radius 3 is 1.57 bits per heavy atom. The summed E-state index contributed by atoms with van der Waals surface area (Å²) in [6.45, 7) is 2.27. The second-order valence-corrected chi connectivity index (χ2v) is 17.4. The number of hydrogen-bond donors (Lipinski definition) is 0. The van der Waals surface area contributed by atoms with Gasteiger partial charge in [0.2, 0.25) is 0 Å². The van der Waals surface area contributed by atoms with Gasteiger partial charge in [-0.05, 0) is 128 Å². The van der Waals surface area contributed by atoms with Crippen LogP contribution in [-0.2, 0) is 5.41 Å². The first-order valence-corrected chi connectivity index (χ1v) is 22.8. The quantitative estimate of drug-likeness (QED) is 0.140. The monoisotopic (exact) mass is 809 g/mol. The van der Waals surface area contributed by atoms with Gasteiger partial charge in [0.15, 0.2) is 0 Å². The number of benzene rings is 9. The van der Waals surface area contributed by atoms with E-state index in [1.54, 1.807) is 0 Å². The van der Waals surface area contributed by atoms with Crippen LogP contribution in [0.3, 0.4) is 0 Å². The Balaban J connectivity index is 1.15. The van der Waals surface area contributed by atoms with E-state index in [2.05, 4.69) is 236 Å². The Kier molecular flexibility index (Phi) is 10.2. The normalized spacial score (nSPS) is 14.2. The molecule has 9 aromatic rings. The first-order valence-electron chi connectivity index (χ1n) is 22.8. The van der Waals surface area contributed by atoms with Crippen molar-refractivity contribution >= 4 is 17.1 Å². The van der Waals surface area contributed by atoms with Gasteiger partial charge >= 0.3 is 0 Å². The lowest BCUT2D eigenvalue weighted by Gasteiger charge is -2.35. The number of aryl methyl sites for hydroxylation is 1. The highest BCUT2D eigenvalue weighted by molar-refractivity contribution is 5.98. The fraction of sp³-hybridized carbons (Fsp3) is 0.129. The van der Waals surface area contributed by atoms with Gasteiger partial charge in [-0.15, -0.1) is 0 Å². The zero-order chi connectivity index (χ0) is 42.2. The van der Waals surface area contributed by atoms with E-state index in [1.165, 1.54) is 110 Å². The van der Waals surface area contributed by atoms with Crippen molar-refractivity contribution in [2.75, 3.05) is 4.90 Å². The molecule has 1 nitrogen and oxygen atoms in total. The summed E-state index contributed by atoms with van der Waals surface area (Å²) >= 11 is 0. The van der Waals surface area contributed by atoms with E-state index in [1.807, 2.05) is 0 Å². The second kappa shape index (κ2) is 16.6. The molecule has 0 aliphatic heterocycles. The van der Waals surface area contributed by atoms with Crippen molar-refractivity contribution in [3.63, 3.8) is 0 Å². The standard InChI is InChI=1S/C62H51N/c1-44-21-20-35-58-61(44)57-42-41-51(43-59(57)62(58,48-26-10-4-11-27-48)49-28-12-5-13-29-49)63(50-39-37-46(38-40-50)45-22-6-2-7-23-45)60-36-19-18-34-56(60)55-33-17-16-32-54(55)53-31-15-14-30-52(53)47-24-8-3-9-25-47/h3-5,8-21,24-43,45H,2,6-7,22-23H2,1H3. The van der Waals surface area contributed by atoms with Crippen molar-refractivity contribution in [3.8, 4) is 44.5 Å². The van der Waals surface area contributed by atoms with Crippen LogP contribution in [-0.4, -0.2) is 0 Å². The van der Waals surface area contributed by atoms with E-state index < -0.39 is 5.41 Å². The lowest BCUT2D eigenvalue weighted by atomic mass is 9.67. The number of anilines is 3. The molecule has 0 saturated heterocycles. The summed E-state index contributed by atoms with van der Waals surface area (Å²) in [5.41, 5.74) is 20.7. The van der Waals surface area contributed by atoms with Crippen LogP contribution in [0.15, 0.2) is 224 Å². The summed E-state index contributed by atoms with van der Waals surface area (Å²) in [5.74, 6) is 0.629. The second-order valence-electron chi connectivity index (χ2n) is 17.4. The van der Waals surface area contributed by atoms with Crippen molar-refractivity contribution < 1.29 is 0 Å². The summed E-state index contributed by atoms with van der Waals surface area (Å²) < 4.78 is 0. The van der Waals surface area contributed by atoms with E-state index >= 15 is 0 Å². The Morgan fingerprint density at radius 1 is 0.397 bits per heavy atom. The molecule has 0 bridgehead atoms. The van der Waals surface area contributed by atoms with E-state index in [-0.39, 0.29) is 0 Å². The minimum atomic E-state index is -0.515. The predicted molar refractivity (Wildman–Crippen MR) is 265 cm³/mol. The average molecular weight is 810 g/mol. The first kappa shape index (κ1) is 38.7. The molecular weight excluding hydrogens is 759 g/mol. The van der Waals surface area contributed by atoms with Gasteiger partial charge in [-0.3, -0.25) is 0 Å². The number of fused-ring (bicyclic) bond motifs is 3. The highest BCUT2D eigenvalue weighted by Gasteiger charge is 2.47. The van der Waals surface area contributed by atoms with Gasteiger partial charge in [-0.25, -0.2) is 0 Å². The fourth-order valence-electron chi connectivity index (χ4n) is 11.0. The average Bonchev–Trinajstić information content (AvgIpc) is 3.67. The maximum Gasteiger partial charge on any atom is 0.0714 e. The molecule has 0 radical (unpaired) electrons. The SMILES string of the molecule is Cc1cccc2c1-c1ccc(N(c3ccc(C4CCCCC4)cc3)c3ccccc3-c3ccccc3-c3ccccc3-c3ccccc3)cc1C2(c1ccccc1)c1ccccc1. The third kappa shape index (κ3) is 6.71. The van der Waals surface area contributed by atoms with Gasteiger partial charge in [0.25, 0.3) is 0 Å². The molecule has 304 valence electrons. The van der Waals surface area contributed by atoms with Gasteiger partial charge in [-0.2, -0.15) is 0 Å². The summed E-state index contributed by atoms with van der Waals surface area (Å²) in [7, 11) is 0. The Morgan fingerprint density at radius 2 is 0.921 bits per heavy atom. The number of hydrogen-bond acceptors (Lipinski definition) is 1. The zero-order valence-electron chi connectivity index (χ0n) is 35.9. The molecule has 0 heterocycles. The maximum atomic E-state index is 2.52. The molecule has 2 aliphatic rings. The minimum Gasteiger partial charge on any atom is -0.310 e. The molecule has 11 rings (SSSR count). The number of rotatable bonds is 9. The van der Waals surface area contributed by atoms with E-state index in [9.17, 15) is 0 Å². The molecule has 1 saturated carbocycles. The van der Waals surface area contributed by atoms with Crippen LogP contribution in [0.25, 0.3) is 44.5 Å². The largest absolute Gasteiger partial charge is 0.310 e. The molecule has 1 fully saturated rings. The molecule has 1 heteroatoms. The van der Waals surface area contributed by atoms with Crippen LogP contribution < -0.4 is 4.90 Å². The molecule has 0 unspecified atom stereocenters. The van der Waals surface area contributed by atoms with Gasteiger partial charge in [0, 0.05) is 16.9 Å². The third-order valence-electron chi connectivity index (χ3n) is 13.9. The number of nitrogens with zero attached hydrogens (tertiary/aromatic N) is 1. The lowest BCUT2D eigenvalue weighted by molar-refractivity contribution is 0.443. The number of para-hydroxylation sites is 1. The van der Waals surface area contributed by atoms with Crippen LogP contribution in [0.2, 0.25) is 0 Å². The lowest BCUT2D eigenvalue weighted by Crippen LogP contribution is -2.28. The maximum absolute atomic E-state index is 2.52. The van der Waals surface area contributed by atoms with Crippen molar-refractivity contribution in [1.82, 2.24) is 0 Å². The van der Waals surface area contributed by atoms with Gasteiger partial charge in [0.1, 0.15) is 0 Å². The van der Waals surface area contributed by atoms with Gasteiger partial charge in [0.05, 0.1) is 11.1 Å². The zero-order valence-corrected chi connectivity index (χ0v) is 35.9. The molecule has 0 N–H and O–H groups in total. The first-order chi connectivity index (χ1) is 31.2. The van der Waals surface area contributed by atoms with Crippen molar-refractivity contribution in [1.29, 1.82) is 0 Å². The van der Waals surface area contributed by atoms with Crippen LogP contribution in [0, 0.1) is 6.92 Å². The summed E-state index contributed by atoms with van der Waals surface area (Å²) in [6, 6.07) is 83.7. The van der Waals surface area contributed by atoms with Crippen molar-refractivity contribution in [2.45, 2.75) is 50.4 Å². The van der Waals surface area contributed by atoms with Crippen LogP contribution in [0.4, 0.5) is 17.1 Å². The molecule has 9 aromatic carbocycles. The van der Waals surface area contributed by atoms with Gasteiger partial charge in [-0.1, -0.05) is 213 Å². The minimum absolute atomic E-state index is 0.515. The van der Waals surface area contributed by atoms with Crippen molar-refractivity contribution in [2.24, 2.45) is 0 Å². The smallest absolute Gasteiger partial charge is 0.0714 e. The Bertz CT molecular complexity index is 2990. The highest BCUT2D eigenvalue weighted by atomic mass is 15.1. The van der Waals surface area contributed by atoms with Crippen LogP contribution in [0.1, 0.15) is 71.4 Å². The van der Waals surface area contributed by atoms with E-state index in [4.69, 9.17) is 0 Å². The highest BCUT2D eigenvalue weighted by Crippen LogP contribution is 2.58. The molecule has 0 spiro atoms. The van der Waals surface area contributed by atoms with E-state index in [0.717, 1.165) is 17.1 Å². The van der Waals surface area contributed by atoms with E-state index in [0.29, 0.717) is 5.92 Å². The fourth-order valence-corrected chi connectivity index (χ4v) is 11.0. The molecule has 0 aromatic heterocycles. The van der Waals surface area contributed by atoms with Crippen molar-refractivity contribution in [3.05, 3.63) is 258 Å². The molecule has 2 aliphatic carbocycles. The topological polar surface area (TPSA) is 3.24 Å². The summed E-state index contributed by atoms with van der Waals surface area (Å²) in [6.07, 6.45) is 6.55. The Labute approximate surface area is 373 Å². The summed E-state index contributed by atoms with van der Waals surface area (Å²) in [5, 5.41) is 0. The predicted octanol–water partition coefficient (Wildman–Crippen LogP) is 16.9. The molecule has 0 atom stereocenters.